The number of unbranched alkanes of at least 4 members (excludes halogenated alkanes) is 3. The van der Waals surface area contributed by atoms with Crippen LogP contribution in [0.2, 0.25) is 0 Å². The van der Waals surface area contributed by atoms with E-state index in [-0.39, 0.29) is 18.4 Å². The van der Waals surface area contributed by atoms with Crippen LogP contribution in [0.3, 0.4) is 0 Å². The van der Waals surface area contributed by atoms with Gasteiger partial charge in [0.2, 0.25) is 5.78 Å². The molecule has 4 nitrogen and oxygen atoms in total. The van der Waals surface area contributed by atoms with Gasteiger partial charge >= 0.3 is 5.97 Å². The Labute approximate surface area is 178 Å². The average Bonchev–Trinajstić information content (AvgIpc) is 3.03. The van der Waals surface area contributed by atoms with Gasteiger partial charge in [-0.1, -0.05) is 65.0 Å². The summed E-state index contributed by atoms with van der Waals surface area (Å²) in [4.78, 5) is 23.2. The maximum Gasteiger partial charge on any atom is 0.374 e. The third-order valence-corrected chi connectivity index (χ3v) is 6.19. The van der Waals surface area contributed by atoms with Gasteiger partial charge < -0.3 is 9.84 Å². The van der Waals surface area contributed by atoms with Gasteiger partial charge in [-0.15, -0.1) is 0 Å². The van der Waals surface area contributed by atoms with Crippen molar-refractivity contribution < 1.29 is 19.4 Å². The number of rotatable bonds is 15. The minimum absolute atomic E-state index is 0.222. The number of aliphatic hydroxyl groups excluding tert-OH is 1. The van der Waals surface area contributed by atoms with Crippen LogP contribution in [0.5, 0.6) is 0 Å². The molecule has 0 aliphatic heterocycles. The highest BCUT2D eigenvalue weighted by atomic mass is 16.5. The molecular formula is C25H44O4. The molecule has 0 bridgehead atoms. The highest BCUT2D eigenvalue weighted by molar-refractivity contribution is 6.33. The van der Waals surface area contributed by atoms with Crippen molar-refractivity contribution in [3.8, 4) is 0 Å². The third-order valence-electron chi connectivity index (χ3n) is 6.19. The predicted octanol–water partition coefficient (Wildman–Crippen LogP) is 6.15. The Morgan fingerprint density at radius 1 is 1.10 bits per heavy atom. The topological polar surface area (TPSA) is 63.6 Å². The summed E-state index contributed by atoms with van der Waals surface area (Å²) in [6, 6.07) is 0. The molecule has 0 radical (unpaired) electrons. The lowest BCUT2D eigenvalue weighted by atomic mass is 9.82. The SMILES string of the molecule is CCCCC(C)(C)CCC=C1CC[C@H](O)[C@@H]1CCCCCC(=O)C(=O)OCCC. The number of ether oxygens (including phenoxy) is 1. The monoisotopic (exact) mass is 408 g/mol. The van der Waals surface area contributed by atoms with Crippen molar-refractivity contribution in [1.29, 1.82) is 0 Å². The molecule has 0 unspecified atom stereocenters. The fourth-order valence-corrected chi connectivity index (χ4v) is 4.21. The van der Waals surface area contributed by atoms with Gasteiger partial charge in [-0.3, -0.25) is 4.79 Å². The first kappa shape index (κ1) is 25.9. The summed E-state index contributed by atoms with van der Waals surface area (Å²) in [5.74, 6) is -0.824. The smallest absolute Gasteiger partial charge is 0.374 e. The number of hydrogen-bond donors (Lipinski definition) is 1. The van der Waals surface area contributed by atoms with Crippen molar-refractivity contribution in [3.05, 3.63) is 11.6 Å². The van der Waals surface area contributed by atoms with Crippen LogP contribution >= 0.6 is 0 Å². The van der Waals surface area contributed by atoms with Crippen molar-refractivity contribution in [2.75, 3.05) is 6.61 Å². The van der Waals surface area contributed by atoms with Gasteiger partial charge in [-0.2, -0.15) is 0 Å². The number of allylic oxidation sites excluding steroid dienone is 1. The first-order valence-electron chi connectivity index (χ1n) is 11.9. The van der Waals surface area contributed by atoms with E-state index in [9.17, 15) is 14.7 Å². The minimum atomic E-state index is -0.690. The largest absolute Gasteiger partial charge is 0.460 e. The molecule has 29 heavy (non-hydrogen) atoms. The molecule has 0 aromatic heterocycles. The first-order valence-corrected chi connectivity index (χ1v) is 11.9. The molecule has 0 heterocycles. The standard InChI is InChI=1S/C25H44O4/c1-5-7-17-25(3,4)18-11-12-20-15-16-22(26)21(20)13-9-8-10-14-23(27)24(28)29-19-6-2/h12,21-22,26H,5-11,13-19H2,1-4H3/t21-,22+/m1/s1. The van der Waals surface area contributed by atoms with Crippen LogP contribution in [0.4, 0.5) is 0 Å². The number of carbonyl (C=O) groups excluding carboxylic acids is 2. The van der Waals surface area contributed by atoms with Crippen molar-refractivity contribution in [2.45, 2.75) is 117 Å². The maximum absolute atomic E-state index is 11.7. The lowest BCUT2D eigenvalue weighted by Crippen LogP contribution is -2.17. The van der Waals surface area contributed by atoms with Gasteiger partial charge in [0.25, 0.3) is 0 Å². The van der Waals surface area contributed by atoms with E-state index in [2.05, 4.69) is 26.8 Å². The van der Waals surface area contributed by atoms with Crippen LogP contribution in [-0.2, 0) is 14.3 Å². The van der Waals surface area contributed by atoms with Crippen LogP contribution in [0, 0.1) is 11.3 Å². The molecule has 0 aromatic carbocycles. The Morgan fingerprint density at radius 3 is 2.55 bits per heavy atom. The van der Waals surface area contributed by atoms with Gasteiger partial charge in [0, 0.05) is 12.3 Å². The van der Waals surface area contributed by atoms with E-state index in [1.807, 2.05) is 6.92 Å². The number of Topliss-reactive ketones (excluding diaryl/α,β-unsaturated/α-hetero) is 1. The van der Waals surface area contributed by atoms with Crippen molar-refractivity contribution in [3.63, 3.8) is 0 Å². The van der Waals surface area contributed by atoms with Crippen LogP contribution in [0.15, 0.2) is 11.6 Å². The Hall–Kier alpha value is -1.16. The molecule has 1 saturated carbocycles. The predicted molar refractivity (Wildman–Crippen MR) is 119 cm³/mol. The zero-order valence-corrected chi connectivity index (χ0v) is 19.3. The molecule has 0 amide bonds. The Kier molecular flexibility index (Phi) is 12.4. The zero-order valence-electron chi connectivity index (χ0n) is 19.3. The second kappa shape index (κ2) is 14.0. The molecule has 1 N–H and O–H groups in total. The number of hydrogen-bond acceptors (Lipinski definition) is 4. The van der Waals surface area contributed by atoms with Gasteiger partial charge in [0.15, 0.2) is 0 Å². The van der Waals surface area contributed by atoms with Gasteiger partial charge in [0.1, 0.15) is 0 Å². The van der Waals surface area contributed by atoms with E-state index in [1.54, 1.807) is 0 Å². The molecular weight excluding hydrogens is 364 g/mol. The summed E-state index contributed by atoms with van der Waals surface area (Å²) in [6.07, 6.45) is 14.8. The average molecular weight is 409 g/mol. The normalized spacial score (nSPS) is 20.9. The van der Waals surface area contributed by atoms with Crippen LogP contribution in [0.25, 0.3) is 0 Å². The summed E-state index contributed by atoms with van der Waals surface area (Å²) < 4.78 is 4.87. The molecule has 1 fully saturated rings. The molecule has 2 atom stereocenters. The lowest BCUT2D eigenvalue weighted by molar-refractivity contribution is -0.153. The molecule has 0 aromatic rings. The van der Waals surface area contributed by atoms with Crippen LogP contribution in [0.1, 0.15) is 111 Å². The molecule has 168 valence electrons. The van der Waals surface area contributed by atoms with Crippen molar-refractivity contribution in [1.82, 2.24) is 0 Å². The number of carbonyl (C=O) groups is 2. The highest BCUT2D eigenvalue weighted by Crippen LogP contribution is 2.37. The Bertz CT molecular complexity index is 521. The third kappa shape index (κ3) is 10.4. The molecule has 1 aliphatic rings. The summed E-state index contributed by atoms with van der Waals surface area (Å²) in [5, 5.41) is 10.4. The quantitative estimate of drug-likeness (QED) is 0.153. The van der Waals surface area contributed by atoms with Gasteiger partial charge in [-0.05, 0) is 56.8 Å². The fraction of sp³-hybridized carbons (Fsp3) is 0.840. The summed E-state index contributed by atoms with van der Waals surface area (Å²) in [5.41, 5.74) is 1.83. The highest BCUT2D eigenvalue weighted by Gasteiger charge is 2.29. The van der Waals surface area contributed by atoms with E-state index >= 15 is 0 Å². The number of ketones is 1. The first-order chi connectivity index (χ1) is 13.8. The summed E-state index contributed by atoms with van der Waals surface area (Å²) in [7, 11) is 0. The van der Waals surface area contributed by atoms with Crippen molar-refractivity contribution >= 4 is 11.8 Å². The van der Waals surface area contributed by atoms with Crippen LogP contribution < -0.4 is 0 Å². The molecule has 0 saturated heterocycles. The van der Waals surface area contributed by atoms with E-state index in [0.29, 0.717) is 18.4 Å². The second-order valence-corrected chi connectivity index (χ2v) is 9.46. The minimum Gasteiger partial charge on any atom is -0.460 e. The maximum atomic E-state index is 11.7. The number of esters is 1. The summed E-state index contributed by atoms with van der Waals surface area (Å²) >= 11 is 0. The molecule has 0 spiro atoms. The summed E-state index contributed by atoms with van der Waals surface area (Å²) in [6.45, 7) is 9.19. The fourth-order valence-electron chi connectivity index (χ4n) is 4.21. The lowest BCUT2D eigenvalue weighted by Gasteiger charge is -2.24. The van der Waals surface area contributed by atoms with E-state index in [4.69, 9.17) is 4.74 Å². The van der Waals surface area contributed by atoms with Crippen LogP contribution in [-0.4, -0.2) is 29.6 Å². The molecule has 4 heteroatoms. The van der Waals surface area contributed by atoms with Gasteiger partial charge in [-0.25, -0.2) is 4.79 Å². The second-order valence-electron chi connectivity index (χ2n) is 9.46. The van der Waals surface area contributed by atoms with Crippen molar-refractivity contribution in [2.24, 2.45) is 11.3 Å². The van der Waals surface area contributed by atoms with E-state index in [1.165, 1.54) is 31.3 Å². The van der Waals surface area contributed by atoms with E-state index in [0.717, 1.165) is 44.9 Å². The zero-order chi connectivity index (χ0) is 21.7. The Balaban J connectivity index is 2.32. The molecule has 1 aliphatic carbocycles. The molecule has 1 rings (SSSR count). The number of aliphatic hydroxyl groups is 1. The van der Waals surface area contributed by atoms with Gasteiger partial charge in [0.05, 0.1) is 12.7 Å². The van der Waals surface area contributed by atoms with E-state index < -0.39 is 11.8 Å². The Morgan fingerprint density at radius 2 is 1.86 bits per heavy atom.